The normalized spacial score (nSPS) is 23.2. The van der Waals surface area contributed by atoms with Crippen LogP contribution in [0, 0.1) is 0 Å². The van der Waals surface area contributed by atoms with E-state index in [2.05, 4.69) is 14.8 Å². The summed E-state index contributed by atoms with van der Waals surface area (Å²) in [5, 5.41) is 0. The van der Waals surface area contributed by atoms with E-state index in [0.29, 0.717) is 13.2 Å². The molecule has 0 spiro atoms. The molecule has 6 heteroatoms. The molecule has 1 saturated carbocycles. The Morgan fingerprint density at radius 1 is 1.04 bits per heavy atom. The van der Waals surface area contributed by atoms with Crippen LogP contribution in [0.25, 0.3) is 0 Å². The Kier molecular flexibility index (Phi) is 5.17. The molecule has 3 aliphatic rings. The molecule has 0 radical (unpaired) electrons. The molecule has 1 aromatic rings. The molecule has 3 heterocycles. The number of rotatable bonds is 3. The molecule has 0 atom stereocenters. The van der Waals surface area contributed by atoms with Crippen LogP contribution in [-0.4, -0.2) is 79.2 Å². The first-order chi connectivity index (χ1) is 12.3. The number of aromatic nitrogens is 1. The van der Waals surface area contributed by atoms with Crippen molar-refractivity contribution in [3.05, 3.63) is 23.9 Å². The lowest BCUT2D eigenvalue weighted by Crippen LogP contribution is -2.51. The van der Waals surface area contributed by atoms with Gasteiger partial charge in [-0.3, -0.25) is 9.69 Å². The van der Waals surface area contributed by atoms with Crippen LogP contribution < -0.4 is 4.90 Å². The molecule has 0 N–H and O–H groups in total. The van der Waals surface area contributed by atoms with Gasteiger partial charge in [0.1, 0.15) is 5.82 Å². The van der Waals surface area contributed by atoms with E-state index in [1.54, 1.807) is 6.20 Å². The van der Waals surface area contributed by atoms with Crippen molar-refractivity contribution in [3.8, 4) is 0 Å². The van der Waals surface area contributed by atoms with Gasteiger partial charge < -0.3 is 14.5 Å². The molecule has 0 aromatic carbocycles. The smallest absolute Gasteiger partial charge is 0.257 e. The summed E-state index contributed by atoms with van der Waals surface area (Å²) in [5.41, 5.74) is 0.735. The summed E-state index contributed by atoms with van der Waals surface area (Å²) in [6.45, 7) is 6.65. The van der Waals surface area contributed by atoms with Gasteiger partial charge in [-0.25, -0.2) is 4.98 Å². The number of amides is 1. The highest BCUT2D eigenvalue weighted by Gasteiger charge is 2.30. The van der Waals surface area contributed by atoms with E-state index >= 15 is 0 Å². The fourth-order valence-electron chi connectivity index (χ4n) is 4.32. The van der Waals surface area contributed by atoms with E-state index in [9.17, 15) is 4.79 Å². The summed E-state index contributed by atoms with van der Waals surface area (Å²) >= 11 is 0. The molecule has 6 nitrogen and oxygen atoms in total. The van der Waals surface area contributed by atoms with Crippen LogP contribution in [-0.2, 0) is 4.74 Å². The molecule has 0 unspecified atom stereocenters. The highest BCUT2D eigenvalue weighted by atomic mass is 16.5. The number of carbonyl (C=O) groups is 1. The van der Waals surface area contributed by atoms with E-state index in [0.717, 1.165) is 56.7 Å². The number of hydrogen-bond donors (Lipinski definition) is 0. The van der Waals surface area contributed by atoms with Gasteiger partial charge in [0.05, 0.1) is 18.8 Å². The minimum atomic E-state index is 0.126. The molecular weight excluding hydrogens is 316 g/mol. The Labute approximate surface area is 149 Å². The van der Waals surface area contributed by atoms with Gasteiger partial charge in [0.2, 0.25) is 0 Å². The summed E-state index contributed by atoms with van der Waals surface area (Å²) in [7, 11) is 0. The van der Waals surface area contributed by atoms with Crippen molar-refractivity contribution in [1.29, 1.82) is 0 Å². The second-order valence-corrected chi connectivity index (χ2v) is 7.24. The number of morpholine rings is 1. The quantitative estimate of drug-likeness (QED) is 0.834. The minimum Gasteiger partial charge on any atom is -0.378 e. The average Bonchev–Trinajstić information content (AvgIpc) is 3.23. The highest BCUT2D eigenvalue weighted by molar-refractivity contribution is 5.99. The zero-order valence-electron chi connectivity index (χ0n) is 14.9. The fourth-order valence-corrected chi connectivity index (χ4v) is 4.32. The predicted molar refractivity (Wildman–Crippen MR) is 97.0 cm³/mol. The summed E-state index contributed by atoms with van der Waals surface area (Å²) < 4.78 is 5.43. The maximum Gasteiger partial charge on any atom is 0.257 e. The van der Waals surface area contributed by atoms with Crippen molar-refractivity contribution < 1.29 is 9.53 Å². The molecule has 4 rings (SSSR count). The van der Waals surface area contributed by atoms with Gasteiger partial charge in [0, 0.05) is 51.5 Å². The predicted octanol–water partition coefficient (Wildman–Crippen LogP) is 1.62. The topological polar surface area (TPSA) is 48.9 Å². The van der Waals surface area contributed by atoms with Gasteiger partial charge in [-0.05, 0) is 25.0 Å². The van der Waals surface area contributed by atoms with Crippen molar-refractivity contribution in [2.24, 2.45) is 0 Å². The Morgan fingerprint density at radius 2 is 1.76 bits per heavy atom. The number of piperazine rings is 1. The number of pyridine rings is 1. The monoisotopic (exact) mass is 344 g/mol. The number of hydrogen-bond acceptors (Lipinski definition) is 5. The molecule has 0 bridgehead atoms. The maximum atomic E-state index is 13.1. The first-order valence-corrected chi connectivity index (χ1v) is 9.64. The van der Waals surface area contributed by atoms with Crippen molar-refractivity contribution in [3.63, 3.8) is 0 Å². The lowest BCUT2D eigenvalue weighted by atomic mass is 10.1. The van der Waals surface area contributed by atoms with Crippen LogP contribution in [0.15, 0.2) is 18.3 Å². The lowest BCUT2D eigenvalue weighted by molar-refractivity contribution is 0.0573. The molecule has 2 saturated heterocycles. The molecule has 1 aliphatic carbocycles. The molecule has 2 aliphatic heterocycles. The lowest BCUT2D eigenvalue weighted by Gasteiger charge is -2.38. The van der Waals surface area contributed by atoms with Crippen LogP contribution in [0.4, 0.5) is 5.82 Å². The van der Waals surface area contributed by atoms with E-state index < -0.39 is 0 Å². The third-order valence-electron chi connectivity index (χ3n) is 5.77. The van der Waals surface area contributed by atoms with Crippen LogP contribution in [0.3, 0.4) is 0 Å². The maximum absolute atomic E-state index is 13.1. The Balaban J connectivity index is 1.43. The first kappa shape index (κ1) is 16.8. The van der Waals surface area contributed by atoms with Gasteiger partial charge in [0.25, 0.3) is 5.91 Å². The third kappa shape index (κ3) is 3.65. The van der Waals surface area contributed by atoms with E-state index in [-0.39, 0.29) is 5.91 Å². The fraction of sp³-hybridized carbons (Fsp3) is 0.684. The minimum absolute atomic E-state index is 0.126. The van der Waals surface area contributed by atoms with Crippen LogP contribution in [0.1, 0.15) is 36.0 Å². The second kappa shape index (κ2) is 7.70. The third-order valence-corrected chi connectivity index (χ3v) is 5.77. The van der Waals surface area contributed by atoms with Gasteiger partial charge >= 0.3 is 0 Å². The van der Waals surface area contributed by atoms with Gasteiger partial charge in [-0.1, -0.05) is 12.8 Å². The standard InChI is InChI=1S/C19H28N4O2/c24-19(23-10-8-21(9-11-23)16-4-1-2-5-16)17-6-3-7-20-18(17)22-12-14-25-15-13-22/h3,6-7,16H,1-2,4-5,8-15H2. The summed E-state index contributed by atoms with van der Waals surface area (Å²) in [5.74, 6) is 0.940. The second-order valence-electron chi connectivity index (χ2n) is 7.24. The Bertz CT molecular complexity index is 589. The molecule has 136 valence electrons. The van der Waals surface area contributed by atoms with Crippen LogP contribution >= 0.6 is 0 Å². The van der Waals surface area contributed by atoms with Crippen molar-refractivity contribution in [1.82, 2.24) is 14.8 Å². The zero-order valence-corrected chi connectivity index (χ0v) is 14.9. The summed E-state index contributed by atoms with van der Waals surface area (Å²) in [4.78, 5) is 24.4. The Hall–Kier alpha value is -1.66. The van der Waals surface area contributed by atoms with Crippen molar-refractivity contribution in [2.75, 3.05) is 57.4 Å². The van der Waals surface area contributed by atoms with E-state index in [1.165, 1.54) is 25.7 Å². The van der Waals surface area contributed by atoms with Crippen LogP contribution in [0.5, 0.6) is 0 Å². The zero-order chi connectivity index (χ0) is 17.1. The SMILES string of the molecule is O=C(c1cccnc1N1CCOCC1)N1CCN(C2CCCC2)CC1. The van der Waals surface area contributed by atoms with Gasteiger partial charge in [-0.15, -0.1) is 0 Å². The average molecular weight is 344 g/mol. The molecule has 1 aromatic heterocycles. The van der Waals surface area contributed by atoms with Gasteiger partial charge in [-0.2, -0.15) is 0 Å². The Morgan fingerprint density at radius 3 is 2.48 bits per heavy atom. The molecule has 3 fully saturated rings. The van der Waals surface area contributed by atoms with E-state index in [1.807, 2.05) is 17.0 Å². The molecule has 25 heavy (non-hydrogen) atoms. The summed E-state index contributed by atoms with van der Waals surface area (Å²) in [6, 6.07) is 4.54. The van der Waals surface area contributed by atoms with Crippen molar-refractivity contribution in [2.45, 2.75) is 31.7 Å². The number of ether oxygens (including phenoxy) is 1. The highest BCUT2D eigenvalue weighted by Crippen LogP contribution is 2.25. The number of anilines is 1. The molecular formula is C19H28N4O2. The van der Waals surface area contributed by atoms with Crippen LogP contribution in [0.2, 0.25) is 0 Å². The number of nitrogens with zero attached hydrogens (tertiary/aromatic N) is 4. The van der Waals surface area contributed by atoms with E-state index in [4.69, 9.17) is 4.74 Å². The van der Waals surface area contributed by atoms with Crippen molar-refractivity contribution >= 4 is 11.7 Å². The first-order valence-electron chi connectivity index (χ1n) is 9.64. The largest absolute Gasteiger partial charge is 0.378 e. The molecule has 1 amide bonds. The summed E-state index contributed by atoms with van der Waals surface area (Å²) in [6.07, 6.45) is 7.17. The number of carbonyl (C=O) groups excluding carboxylic acids is 1. The van der Waals surface area contributed by atoms with Gasteiger partial charge in [0.15, 0.2) is 0 Å².